The highest BCUT2D eigenvalue weighted by molar-refractivity contribution is 8.13. The van der Waals surface area contributed by atoms with E-state index in [2.05, 4.69) is 6.92 Å². The van der Waals surface area contributed by atoms with Crippen LogP contribution in [0.25, 0.3) is 0 Å². The second-order valence-electron chi connectivity index (χ2n) is 2.60. The summed E-state index contributed by atoms with van der Waals surface area (Å²) in [5.41, 5.74) is 0. The minimum atomic E-state index is 0.716. The first-order valence-corrected chi connectivity index (χ1v) is 4.11. The van der Waals surface area contributed by atoms with E-state index in [1.807, 2.05) is 11.9 Å². The van der Waals surface area contributed by atoms with E-state index in [-0.39, 0.29) is 0 Å². The van der Waals surface area contributed by atoms with Gasteiger partial charge in [-0.15, -0.1) is 0 Å². The lowest BCUT2D eigenvalue weighted by atomic mass is 10.2. The molecule has 1 rings (SSSR count). The zero-order valence-electron chi connectivity index (χ0n) is 5.85. The lowest BCUT2D eigenvalue weighted by Gasteiger charge is -2.28. The van der Waals surface area contributed by atoms with Crippen LogP contribution in [0.3, 0.4) is 0 Å². The predicted molar refractivity (Wildman–Crippen MR) is 42.0 cm³/mol. The van der Waals surface area contributed by atoms with Crippen LogP contribution in [0.4, 0.5) is 0 Å². The summed E-state index contributed by atoms with van der Waals surface area (Å²) in [6.45, 7) is 3.27. The maximum absolute atomic E-state index is 7.37. The third-order valence-corrected chi connectivity index (χ3v) is 2.76. The van der Waals surface area contributed by atoms with Crippen LogP contribution in [0.1, 0.15) is 6.92 Å². The Hall–Kier alpha value is -0.180. The second kappa shape index (κ2) is 2.60. The Morgan fingerprint density at radius 2 is 2.44 bits per heavy atom. The molecule has 52 valence electrons. The highest BCUT2D eigenvalue weighted by Gasteiger charge is 2.16. The third-order valence-electron chi connectivity index (χ3n) is 1.44. The second-order valence-corrected chi connectivity index (χ2v) is 3.61. The lowest BCUT2D eigenvalue weighted by molar-refractivity contribution is 0.425. The van der Waals surface area contributed by atoms with Gasteiger partial charge in [-0.25, -0.2) is 0 Å². The summed E-state index contributed by atoms with van der Waals surface area (Å²) in [5.74, 6) is 1.86. The Labute approximate surface area is 60.1 Å². The van der Waals surface area contributed by atoms with Gasteiger partial charge in [-0.2, -0.15) is 0 Å². The van der Waals surface area contributed by atoms with Gasteiger partial charge in [0.2, 0.25) is 0 Å². The van der Waals surface area contributed by atoms with Crippen molar-refractivity contribution in [1.29, 1.82) is 5.41 Å². The maximum atomic E-state index is 7.37. The van der Waals surface area contributed by atoms with Crippen LogP contribution >= 0.6 is 11.8 Å². The molecule has 0 aromatic rings. The Balaban J connectivity index is 2.44. The SMILES string of the molecule is CC1CSC(=N)N(C)C1. The van der Waals surface area contributed by atoms with Crippen molar-refractivity contribution in [3.8, 4) is 0 Å². The number of hydrogen-bond donors (Lipinski definition) is 1. The van der Waals surface area contributed by atoms with E-state index in [1.165, 1.54) is 0 Å². The molecule has 1 heterocycles. The van der Waals surface area contributed by atoms with E-state index >= 15 is 0 Å². The zero-order chi connectivity index (χ0) is 6.85. The van der Waals surface area contributed by atoms with Crippen LogP contribution < -0.4 is 0 Å². The molecule has 1 fully saturated rings. The average Bonchev–Trinajstić information content (AvgIpc) is 1.80. The quantitative estimate of drug-likeness (QED) is 0.553. The topological polar surface area (TPSA) is 27.1 Å². The van der Waals surface area contributed by atoms with Gasteiger partial charge in [0.05, 0.1) is 0 Å². The van der Waals surface area contributed by atoms with Gasteiger partial charge in [0.25, 0.3) is 0 Å². The fourth-order valence-electron chi connectivity index (χ4n) is 0.935. The van der Waals surface area contributed by atoms with Crippen molar-refractivity contribution in [3.63, 3.8) is 0 Å². The molecule has 0 amide bonds. The maximum Gasteiger partial charge on any atom is 0.156 e. The monoisotopic (exact) mass is 144 g/mol. The van der Waals surface area contributed by atoms with Gasteiger partial charge in [0.1, 0.15) is 0 Å². The first-order valence-electron chi connectivity index (χ1n) is 3.12. The van der Waals surface area contributed by atoms with E-state index in [0.717, 1.165) is 18.2 Å². The summed E-state index contributed by atoms with van der Waals surface area (Å²) in [6, 6.07) is 0. The summed E-state index contributed by atoms with van der Waals surface area (Å²) < 4.78 is 0. The van der Waals surface area contributed by atoms with Crippen LogP contribution in [-0.4, -0.2) is 29.4 Å². The van der Waals surface area contributed by atoms with Crippen LogP contribution in [0.15, 0.2) is 0 Å². The van der Waals surface area contributed by atoms with Gasteiger partial charge < -0.3 is 4.90 Å². The standard InChI is InChI=1S/C6H12N2S/c1-5-3-8(2)6(7)9-4-5/h5,7H,3-4H2,1-2H3. The normalized spacial score (nSPS) is 28.9. The number of hydrogen-bond acceptors (Lipinski definition) is 2. The Bertz CT molecular complexity index is 124. The zero-order valence-corrected chi connectivity index (χ0v) is 6.66. The largest absolute Gasteiger partial charge is 0.354 e. The van der Waals surface area contributed by atoms with Crippen molar-refractivity contribution >= 4 is 16.9 Å². The minimum Gasteiger partial charge on any atom is -0.354 e. The van der Waals surface area contributed by atoms with E-state index in [4.69, 9.17) is 5.41 Å². The van der Waals surface area contributed by atoms with Crippen molar-refractivity contribution in [2.24, 2.45) is 5.92 Å². The van der Waals surface area contributed by atoms with Gasteiger partial charge >= 0.3 is 0 Å². The van der Waals surface area contributed by atoms with Crippen molar-refractivity contribution in [3.05, 3.63) is 0 Å². The molecule has 0 aromatic heterocycles. The van der Waals surface area contributed by atoms with Gasteiger partial charge in [0.15, 0.2) is 5.17 Å². The number of rotatable bonds is 0. The molecule has 1 aliphatic rings. The fourth-order valence-corrected chi connectivity index (χ4v) is 1.78. The summed E-state index contributed by atoms with van der Waals surface area (Å²) in [6.07, 6.45) is 0. The molecule has 0 spiro atoms. The van der Waals surface area contributed by atoms with E-state index < -0.39 is 0 Å². The van der Waals surface area contributed by atoms with Gasteiger partial charge in [0, 0.05) is 19.3 Å². The molecule has 0 aromatic carbocycles. The third kappa shape index (κ3) is 1.61. The van der Waals surface area contributed by atoms with Gasteiger partial charge in [-0.3, -0.25) is 5.41 Å². The minimum absolute atomic E-state index is 0.716. The predicted octanol–water partition coefficient (Wildman–Crippen LogP) is 1.24. The van der Waals surface area contributed by atoms with Crippen LogP contribution in [0, 0.1) is 11.3 Å². The molecule has 1 unspecified atom stereocenters. The van der Waals surface area contributed by atoms with Crippen molar-refractivity contribution < 1.29 is 0 Å². The van der Waals surface area contributed by atoms with E-state index in [9.17, 15) is 0 Å². The van der Waals surface area contributed by atoms with Crippen LogP contribution in [0.5, 0.6) is 0 Å². The molecule has 3 heteroatoms. The molecule has 0 bridgehead atoms. The summed E-state index contributed by atoms with van der Waals surface area (Å²) in [5, 5.41) is 8.09. The Morgan fingerprint density at radius 3 is 2.89 bits per heavy atom. The Morgan fingerprint density at radius 1 is 1.78 bits per heavy atom. The fraction of sp³-hybridized carbons (Fsp3) is 0.833. The molecule has 0 saturated carbocycles. The number of thioether (sulfide) groups is 1. The Kier molecular flexibility index (Phi) is 2.01. The first kappa shape index (κ1) is 6.93. The number of nitrogens with one attached hydrogen (secondary N) is 1. The van der Waals surface area contributed by atoms with Crippen LogP contribution in [0.2, 0.25) is 0 Å². The summed E-state index contributed by atoms with van der Waals surface area (Å²) in [4.78, 5) is 2.00. The van der Waals surface area contributed by atoms with Crippen LogP contribution in [-0.2, 0) is 0 Å². The highest BCUT2D eigenvalue weighted by Crippen LogP contribution is 2.18. The molecule has 1 N–H and O–H groups in total. The van der Waals surface area contributed by atoms with E-state index in [1.54, 1.807) is 11.8 Å². The molecule has 9 heavy (non-hydrogen) atoms. The van der Waals surface area contributed by atoms with Gasteiger partial charge in [-0.05, 0) is 5.92 Å². The number of nitrogens with zero attached hydrogens (tertiary/aromatic N) is 1. The highest BCUT2D eigenvalue weighted by atomic mass is 32.2. The first-order chi connectivity index (χ1) is 4.20. The van der Waals surface area contributed by atoms with Crippen molar-refractivity contribution in [1.82, 2.24) is 4.90 Å². The van der Waals surface area contributed by atoms with Crippen molar-refractivity contribution in [2.45, 2.75) is 6.92 Å². The van der Waals surface area contributed by atoms with E-state index in [0.29, 0.717) is 5.17 Å². The molecular weight excluding hydrogens is 132 g/mol. The molecule has 1 aliphatic heterocycles. The average molecular weight is 144 g/mol. The van der Waals surface area contributed by atoms with Crippen molar-refractivity contribution in [2.75, 3.05) is 19.3 Å². The molecule has 0 aliphatic carbocycles. The van der Waals surface area contributed by atoms with Gasteiger partial charge in [-0.1, -0.05) is 18.7 Å². The molecular formula is C6H12N2S. The molecule has 0 radical (unpaired) electrons. The smallest absolute Gasteiger partial charge is 0.156 e. The molecule has 1 saturated heterocycles. The lowest BCUT2D eigenvalue weighted by Crippen LogP contribution is -2.34. The molecule has 2 nitrogen and oxygen atoms in total. The molecule has 1 atom stereocenters. The number of amidine groups is 1. The summed E-state index contributed by atoms with van der Waals surface area (Å²) in [7, 11) is 1.98. The summed E-state index contributed by atoms with van der Waals surface area (Å²) >= 11 is 1.64.